The van der Waals surface area contributed by atoms with Crippen molar-refractivity contribution in [3.63, 3.8) is 0 Å². The summed E-state index contributed by atoms with van der Waals surface area (Å²) in [4.78, 5) is 0. The number of hydrogen-bond acceptors (Lipinski definition) is 3. The smallest absolute Gasteiger partial charge is 0.194 e. The van der Waals surface area contributed by atoms with Gasteiger partial charge in [-0.1, -0.05) is 13.8 Å². The van der Waals surface area contributed by atoms with Crippen LogP contribution in [0.25, 0.3) is 0 Å². The molecule has 1 aromatic carbocycles. The largest absolute Gasteiger partial charge is 0.494 e. The summed E-state index contributed by atoms with van der Waals surface area (Å²) in [5.41, 5.74) is 2.28. The maximum absolute atomic E-state index is 5.81. The minimum atomic E-state index is -0.548. The summed E-state index contributed by atoms with van der Waals surface area (Å²) in [6.45, 7) is 8.36. The summed E-state index contributed by atoms with van der Waals surface area (Å²) in [5.74, 6) is 0.371. The van der Waals surface area contributed by atoms with E-state index in [9.17, 15) is 0 Å². The second-order valence-electron chi connectivity index (χ2n) is 4.63. The molecule has 1 aliphatic rings. The molecule has 1 heterocycles. The van der Waals surface area contributed by atoms with Crippen LogP contribution < -0.4 is 4.74 Å². The van der Waals surface area contributed by atoms with Gasteiger partial charge in [0.2, 0.25) is 0 Å². The number of benzene rings is 1. The number of rotatable bonds is 5. The summed E-state index contributed by atoms with van der Waals surface area (Å²) in [7, 11) is 0. The van der Waals surface area contributed by atoms with Gasteiger partial charge in [-0.3, -0.25) is 0 Å². The molecule has 3 nitrogen and oxygen atoms in total. The van der Waals surface area contributed by atoms with Gasteiger partial charge in [0.15, 0.2) is 5.79 Å². The highest BCUT2D eigenvalue weighted by molar-refractivity contribution is 5.37. The summed E-state index contributed by atoms with van der Waals surface area (Å²) < 4.78 is 17.3. The molecule has 2 rings (SSSR count). The lowest BCUT2D eigenvalue weighted by Crippen LogP contribution is -2.27. The van der Waals surface area contributed by atoms with E-state index in [0.29, 0.717) is 13.2 Å². The van der Waals surface area contributed by atoms with E-state index in [2.05, 4.69) is 32.9 Å². The molecular weight excluding hydrogens is 228 g/mol. The van der Waals surface area contributed by atoms with Crippen LogP contribution >= 0.6 is 0 Å². The number of hydrogen-bond donors (Lipinski definition) is 0. The molecule has 0 N–H and O–H groups in total. The Labute approximate surface area is 109 Å². The van der Waals surface area contributed by atoms with E-state index in [4.69, 9.17) is 14.2 Å². The van der Waals surface area contributed by atoms with Gasteiger partial charge in [-0.15, -0.1) is 0 Å². The van der Waals surface area contributed by atoms with Gasteiger partial charge in [0.25, 0.3) is 0 Å². The van der Waals surface area contributed by atoms with Crippen molar-refractivity contribution in [1.29, 1.82) is 0 Å². The minimum Gasteiger partial charge on any atom is -0.494 e. The molecule has 1 aromatic rings. The van der Waals surface area contributed by atoms with Crippen molar-refractivity contribution in [3.8, 4) is 5.75 Å². The first kappa shape index (κ1) is 13.4. The lowest BCUT2D eigenvalue weighted by atomic mass is 9.98. The van der Waals surface area contributed by atoms with Gasteiger partial charge >= 0.3 is 0 Å². The second-order valence-corrected chi connectivity index (χ2v) is 4.63. The maximum atomic E-state index is 5.81. The molecule has 3 heteroatoms. The molecule has 18 heavy (non-hydrogen) atoms. The Bertz CT molecular complexity index is 395. The summed E-state index contributed by atoms with van der Waals surface area (Å²) in [5, 5.41) is 0. The zero-order valence-corrected chi connectivity index (χ0v) is 11.5. The highest BCUT2D eigenvalue weighted by Gasteiger charge is 2.37. The predicted molar refractivity (Wildman–Crippen MR) is 70.8 cm³/mol. The van der Waals surface area contributed by atoms with Crippen LogP contribution in [0.5, 0.6) is 5.75 Å². The van der Waals surface area contributed by atoms with E-state index in [-0.39, 0.29) is 0 Å². The van der Waals surface area contributed by atoms with E-state index in [1.54, 1.807) is 0 Å². The highest BCUT2D eigenvalue weighted by atomic mass is 16.7. The summed E-state index contributed by atoms with van der Waals surface area (Å²) >= 11 is 0. The fraction of sp³-hybridized carbons (Fsp3) is 0.600. The topological polar surface area (TPSA) is 27.7 Å². The first-order valence-electron chi connectivity index (χ1n) is 6.73. The van der Waals surface area contributed by atoms with Crippen molar-refractivity contribution in [2.24, 2.45) is 0 Å². The van der Waals surface area contributed by atoms with Crippen LogP contribution in [-0.2, 0) is 15.3 Å². The Morgan fingerprint density at radius 3 is 2.50 bits per heavy atom. The Kier molecular flexibility index (Phi) is 4.25. The summed E-state index contributed by atoms with van der Waals surface area (Å²) in [6.07, 6.45) is 1.84. The fourth-order valence-corrected chi connectivity index (χ4v) is 2.38. The van der Waals surface area contributed by atoms with Crippen LogP contribution in [0.3, 0.4) is 0 Å². The van der Waals surface area contributed by atoms with Gasteiger partial charge in [0.05, 0.1) is 19.8 Å². The monoisotopic (exact) mass is 250 g/mol. The van der Waals surface area contributed by atoms with Gasteiger partial charge in [-0.2, -0.15) is 0 Å². The average molecular weight is 250 g/mol. The Hall–Kier alpha value is -1.06. The third-order valence-corrected chi connectivity index (χ3v) is 3.30. The average Bonchev–Trinajstić information content (AvgIpc) is 2.86. The molecule has 1 aliphatic heterocycles. The Morgan fingerprint density at radius 2 is 1.94 bits per heavy atom. The Balaban J connectivity index is 2.23. The van der Waals surface area contributed by atoms with Gasteiger partial charge in [-0.05, 0) is 37.1 Å². The molecular formula is C15H22O3. The molecule has 0 spiro atoms. The molecule has 0 saturated carbocycles. The normalized spacial score (nSPS) is 17.9. The second kappa shape index (κ2) is 5.72. The molecule has 1 saturated heterocycles. The van der Waals surface area contributed by atoms with Crippen LogP contribution in [0, 0.1) is 6.92 Å². The fourth-order valence-electron chi connectivity index (χ4n) is 2.38. The van der Waals surface area contributed by atoms with Crippen LogP contribution in [0.4, 0.5) is 0 Å². The predicted octanol–water partition coefficient (Wildman–Crippen LogP) is 3.39. The van der Waals surface area contributed by atoms with E-state index in [1.807, 2.05) is 6.07 Å². The number of ether oxygens (including phenoxy) is 3. The zero-order valence-electron chi connectivity index (χ0n) is 11.5. The molecule has 0 amide bonds. The van der Waals surface area contributed by atoms with E-state index >= 15 is 0 Å². The molecule has 0 aliphatic carbocycles. The van der Waals surface area contributed by atoms with Gasteiger partial charge < -0.3 is 14.2 Å². The van der Waals surface area contributed by atoms with Crippen molar-refractivity contribution in [1.82, 2.24) is 0 Å². The molecule has 1 fully saturated rings. The first-order chi connectivity index (χ1) is 8.72. The number of aryl methyl sites for hydroxylation is 1. The molecule has 0 bridgehead atoms. The van der Waals surface area contributed by atoms with E-state index in [0.717, 1.165) is 36.3 Å². The van der Waals surface area contributed by atoms with Crippen LogP contribution in [0.2, 0.25) is 0 Å². The van der Waals surface area contributed by atoms with Crippen molar-refractivity contribution in [2.75, 3.05) is 19.8 Å². The van der Waals surface area contributed by atoms with E-state index < -0.39 is 5.79 Å². The van der Waals surface area contributed by atoms with E-state index in [1.165, 1.54) is 0 Å². The van der Waals surface area contributed by atoms with Crippen LogP contribution in [-0.4, -0.2) is 19.8 Å². The van der Waals surface area contributed by atoms with Crippen LogP contribution in [0.1, 0.15) is 37.8 Å². The summed E-state index contributed by atoms with van der Waals surface area (Å²) in [6, 6.07) is 6.13. The van der Waals surface area contributed by atoms with Gasteiger partial charge in [-0.25, -0.2) is 0 Å². The molecule has 0 unspecified atom stereocenters. The minimum absolute atomic E-state index is 0.548. The third-order valence-electron chi connectivity index (χ3n) is 3.30. The SMILES string of the molecule is CCCOc1ccc(C2(CC)OCCO2)c(C)c1. The van der Waals surface area contributed by atoms with Gasteiger partial charge in [0, 0.05) is 12.0 Å². The van der Waals surface area contributed by atoms with Crippen LogP contribution in [0.15, 0.2) is 18.2 Å². The lowest BCUT2D eigenvalue weighted by molar-refractivity contribution is -0.167. The molecule has 0 atom stereocenters. The van der Waals surface area contributed by atoms with Crippen molar-refractivity contribution >= 4 is 0 Å². The highest BCUT2D eigenvalue weighted by Crippen LogP contribution is 2.37. The molecule has 0 aromatic heterocycles. The molecule has 0 radical (unpaired) electrons. The van der Waals surface area contributed by atoms with Crippen molar-refractivity contribution in [2.45, 2.75) is 39.4 Å². The van der Waals surface area contributed by atoms with Crippen molar-refractivity contribution < 1.29 is 14.2 Å². The van der Waals surface area contributed by atoms with Crippen molar-refractivity contribution in [3.05, 3.63) is 29.3 Å². The Morgan fingerprint density at radius 1 is 1.22 bits per heavy atom. The first-order valence-corrected chi connectivity index (χ1v) is 6.73. The third kappa shape index (κ3) is 2.52. The quantitative estimate of drug-likeness (QED) is 0.801. The maximum Gasteiger partial charge on any atom is 0.194 e. The van der Waals surface area contributed by atoms with Gasteiger partial charge in [0.1, 0.15) is 5.75 Å². The zero-order chi connectivity index (χ0) is 13.0. The molecule has 100 valence electrons. The standard InChI is InChI=1S/C15H22O3/c1-4-8-16-13-6-7-14(12(3)11-13)15(5-2)17-9-10-18-15/h6-7,11H,4-5,8-10H2,1-3H3. The lowest BCUT2D eigenvalue weighted by Gasteiger charge is -2.28.